The van der Waals surface area contributed by atoms with Gasteiger partial charge in [0.2, 0.25) is 6.10 Å². The van der Waals surface area contributed by atoms with Crippen molar-refractivity contribution in [2.45, 2.75) is 25.1 Å². The van der Waals surface area contributed by atoms with Gasteiger partial charge in [0.25, 0.3) is 0 Å². The van der Waals surface area contributed by atoms with Crippen molar-refractivity contribution < 1.29 is 22.7 Å². The molecule has 21 heavy (non-hydrogen) atoms. The van der Waals surface area contributed by atoms with Crippen molar-refractivity contribution in [2.75, 3.05) is 4.90 Å². The van der Waals surface area contributed by atoms with Crippen molar-refractivity contribution in [3.8, 4) is 12.0 Å². The van der Waals surface area contributed by atoms with Crippen molar-refractivity contribution in [2.24, 2.45) is 5.92 Å². The fourth-order valence-electron chi connectivity index (χ4n) is 1.99. The van der Waals surface area contributed by atoms with Gasteiger partial charge in [0.1, 0.15) is 0 Å². The van der Waals surface area contributed by atoms with E-state index in [0.717, 1.165) is 23.8 Å². The number of carbonyl (C=O) groups is 1. The molecule has 2 aliphatic rings. The van der Waals surface area contributed by atoms with Crippen molar-refractivity contribution in [3.05, 3.63) is 28.8 Å². The van der Waals surface area contributed by atoms with E-state index in [2.05, 4.69) is 16.7 Å². The molecule has 1 aliphatic heterocycles. The van der Waals surface area contributed by atoms with Crippen LogP contribution in [-0.2, 0) is 4.74 Å². The number of nitrogens with zero attached hydrogens (tertiary/aromatic N) is 1. The summed E-state index contributed by atoms with van der Waals surface area (Å²) in [6, 6.07) is 6.49. The van der Waals surface area contributed by atoms with Crippen molar-refractivity contribution in [1.29, 1.82) is 0 Å². The van der Waals surface area contributed by atoms with E-state index in [1.54, 1.807) is 0 Å². The Morgan fingerprint density at radius 3 is 2.67 bits per heavy atom. The van der Waals surface area contributed by atoms with Crippen LogP contribution in [0.1, 0.15) is 24.5 Å². The van der Waals surface area contributed by atoms with E-state index in [9.17, 15) is 18.0 Å². The molecule has 1 aliphatic carbocycles. The van der Waals surface area contributed by atoms with E-state index in [1.807, 2.05) is 0 Å². The van der Waals surface area contributed by atoms with Crippen LogP contribution < -0.4 is 4.90 Å². The molecule has 1 fully saturated rings. The van der Waals surface area contributed by atoms with E-state index in [-0.39, 0.29) is 22.2 Å². The number of hydrogen-bond acceptors (Lipinski definition) is 2. The third-order valence-corrected chi connectivity index (χ3v) is 3.40. The van der Waals surface area contributed by atoms with Gasteiger partial charge in [0, 0.05) is 22.5 Å². The van der Waals surface area contributed by atoms with Crippen molar-refractivity contribution >= 4 is 23.4 Å². The number of fused-ring (bicyclic) bond motifs is 1. The highest BCUT2D eigenvalue weighted by molar-refractivity contribution is 6.30. The van der Waals surface area contributed by atoms with Gasteiger partial charge in [-0.2, -0.15) is 13.2 Å². The average Bonchev–Trinajstić information content (AvgIpc) is 3.20. The number of rotatable bonds is 0. The van der Waals surface area contributed by atoms with Gasteiger partial charge in [-0.15, -0.1) is 0 Å². The first-order valence-electron chi connectivity index (χ1n) is 6.24. The summed E-state index contributed by atoms with van der Waals surface area (Å²) in [5, 5.41) is 0.135. The van der Waals surface area contributed by atoms with Crippen LogP contribution >= 0.6 is 11.6 Å². The first kappa shape index (κ1) is 14.1. The minimum atomic E-state index is -4.70. The zero-order chi connectivity index (χ0) is 15.2. The Hall–Kier alpha value is -1.87. The van der Waals surface area contributed by atoms with Crippen LogP contribution in [0.4, 0.5) is 23.7 Å². The molecule has 3 nitrogen and oxygen atoms in total. The fourth-order valence-corrected chi connectivity index (χ4v) is 2.17. The number of amides is 1. The summed E-state index contributed by atoms with van der Waals surface area (Å²) in [5.41, 5.74) is -0.147. The molecule has 0 saturated heterocycles. The second-order valence-electron chi connectivity index (χ2n) is 4.87. The zero-order valence-electron chi connectivity index (χ0n) is 10.6. The van der Waals surface area contributed by atoms with Crippen LogP contribution in [-0.4, -0.2) is 12.3 Å². The molecule has 0 radical (unpaired) electrons. The highest BCUT2D eigenvalue weighted by Crippen LogP contribution is 2.44. The smallest absolute Gasteiger partial charge is 0.430 e. The molecule has 1 amide bonds. The Morgan fingerprint density at radius 2 is 2.05 bits per heavy atom. The molecular weight excluding hydrogens is 307 g/mol. The molecule has 0 bridgehead atoms. The van der Waals surface area contributed by atoms with E-state index in [4.69, 9.17) is 11.6 Å². The summed E-state index contributed by atoms with van der Waals surface area (Å²) < 4.78 is 43.5. The molecule has 1 heterocycles. The van der Waals surface area contributed by atoms with Crippen LogP contribution in [0.3, 0.4) is 0 Å². The molecule has 0 N–H and O–H groups in total. The molecule has 0 spiro atoms. The lowest BCUT2D eigenvalue weighted by molar-refractivity contribution is -0.206. The first-order chi connectivity index (χ1) is 9.86. The SMILES string of the molecule is O=C1O[C@H](C(F)(F)F)c2cc(Cl)ccc2N1C#CC1CC1. The fraction of sp³-hybridized carbons (Fsp3) is 0.357. The minimum Gasteiger partial charge on any atom is -0.430 e. The lowest BCUT2D eigenvalue weighted by Gasteiger charge is -2.31. The third kappa shape index (κ3) is 2.79. The Kier molecular flexibility index (Phi) is 3.25. The van der Waals surface area contributed by atoms with E-state index < -0.39 is 18.4 Å². The maximum Gasteiger partial charge on any atom is 0.430 e. The molecular formula is C14H9ClF3NO2. The Balaban J connectivity index is 2.06. The Morgan fingerprint density at radius 1 is 1.33 bits per heavy atom. The normalized spacial score (nSPS) is 21.2. The van der Waals surface area contributed by atoms with Gasteiger partial charge in [0.05, 0.1) is 5.69 Å². The lowest BCUT2D eigenvalue weighted by atomic mass is 10.0. The molecule has 1 aromatic rings. The molecule has 3 rings (SSSR count). The van der Waals surface area contributed by atoms with Crippen LogP contribution in [0.2, 0.25) is 5.02 Å². The zero-order valence-corrected chi connectivity index (χ0v) is 11.3. The van der Waals surface area contributed by atoms with Gasteiger partial charge in [-0.25, -0.2) is 9.69 Å². The maximum absolute atomic E-state index is 13.0. The molecule has 1 saturated carbocycles. The lowest BCUT2D eigenvalue weighted by Crippen LogP contribution is -2.39. The van der Waals surface area contributed by atoms with Gasteiger partial charge in [0.15, 0.2) is 0 Å². The summed E-state index contributed by atoms with van der Waals surface area (Å²) in [6.45, 7) is 0. The quantitative estimate of drug-likeness (QED) is 0.669. The topological polar surface area (TPSA) is 29.5 Å². The molecule has 0 aromatic heterocycles. The van der Waals surface area contributed by atoms with Gasteiger partial charge in [-0.1, -0.05) is 17.5 Å². The predicted molar refractivity (Wildman–Crippen MR) is 69.7 cm³/mol. The maximum atomic E-state index is 13.0. The van der Waals surface area contributed by atoms with Gasteiger partial charge in [-0.05, 0) is 31.0 Å². The van der Waals surface area contributed by atoms with Crippen LogP contribution in [0, 0.1) is 17.9 Å². The second kappa shape index (κ2) is 4.85. The highest BCUT2D eigenvalue weighted by atomic mass is 35.5. The molecule has 110 valence electrons. The molecule has 1 atom stereocenters. The summed E-state index contributed by atoms with van der Waals surface area (Å²) >= 11 is 5.75. The van der Waals surface area contributed by atoms with E-state index in [1.165, 1.54) is 12.1 Å². The van der Waals surface area contributed by atoms with Crippen molar-refractivity contribution in [1.82, 2.24) is 0 Å². The Labute approximate surface area is 123 Å². The van der Waals surface area contributed by atoms with Gasteiger partial charge < -0.3 is 4.74 Å². The molecule has 0 unspecified atom stereocenters. The highest BCUT2D eigenvalue weighted by Gasteiger charge is 2.49. The van der Waals surface area contributed by atoms with Crippen LogP contribution in [0.5, 0.6) is 0 Å². The van der Waals surface area contributed by atoms with E-state index in [0.29, 0.717) is 0 Å². The number of alkyl halides is 3. The number of cyclic esters (lactones) is 1. The van der Waals surface area contributed by atoms with Gasteiger partial charge in [-0.3, -0.25) is 0 Å². The number of hydrogen-bond donors (Lipinski definition) is 0. The number of anilines is 1. The average molecular weight is 316 g/mol. The van der Waals surface area contributed by atoms with Crippen molar-refractivity contribution in [3.63, 3.8) is 0 Å². The van der Waals surface area contributed by atoms with Crippen LogP contribution in [0.15, 0.2) is 18.2 Å². The standard InChI is InChI=1S/C14H9ClF3NO2/c15-9-3-4-11-10(7-9)12(14(16,17)18)21-13(20)19(11)6-5-8-1-2-8/h3-4,7-8,12H,1-2H2/t12-/m0/s1. The third-order valence-electron chi connectivity index (χ3n) is 3.17. The second-order valence-corrected chi connectivity index (χ2v) is 5.31. The van der Waals surface area contributed by atoms with Gasteiger partial charge >= 0.3 is 12.3 Å². The summed E-state index contributed by atoms with van der Waals surface area (Å²) in [5.74, 6) is 3.03. The number of benzene rings is 1. The largest absolute Gasteiger partial charge is 0.430 e. The summed E-state index contributed by atoms with van der Waals surface area (Å²) in [6.07, 6.45) is -6.27. The molecule has 1 aromatic carbocycles. The number of carbonyl (C=O) groups excluding carboxylic acids is 1. The number of halogens is 4. The summed E-state index contributed by atoms with van der Waals surface area (Å²) in [4.78, 5) is 12.7. The van der Waals surface area contributed by atoms with E-state index >= 15 is 0 Å². The Bertz CT molecular complexity index is 658. The first-order valence-corrected chi connectivity index (χ1v) is 6.62. The minimum absolute atomic E-state index is 0.0612. The predicted octanol–water partition coefficient (Wildman–Crippen LogP) is 4.27. The van der Waals surface area contributed by atoms with Crippen LogP contribution in [0.25, 0.3) is 0 Å². The summed E-state index contributed by atoms with van der Waals surface area (Å²) in [7, 11) is 0. The number of ether oxygens (including phenoxy) is 1. The monoisotopic (exact) mass is 315 g/mol. The molecule has 7 heteroatoms.